The molecule has 0 aromatic carbocycles. The summed E-state index contributed by atoms with van der Waals surface area (Å²) in [4.78, 5) is 0. The van der Waals surface area contributed by atoms with Gasteiger partial charge in [0.1, 0.15) is 0 Å². The smallest absolute Gasteiger partial charge is 0.0711 e. The van der Waals surface area contributed by atoms with Crippen LogP contribution in [0.25, 0.3) is 0 Å². The van der Waals surface area contributed by atoms with E-state index in [4.69, 9.17) is 4.74 Å². The molecule has 2 fully saturated rings. The lowest BCUT2D eigenvalue weighted by atomic mass is 9.74. The fraction of sp³-hybridized carbons (Fsp3) is 1.00. The predicted molar refractivity (Wildman–Crippen MR) is 50.1 cm³/mol. The lowest BCUT2D eigenvalue weighted by molar-refractivity contribution is -0.0626. The summed E-state index contributed by atoms with van der Waals surface area (Å²) in [6, 6.07) is 0. The van der Waals surface area contributed by atoms with Crippen molar-refractivity contribution in [3.63, 3.8) is 0 Å². The zero-order valence-corrected chi connectivity index (χ0v) is 8.31. The molecule has 1 heteroatoms. The van der Waals surface area contributed by atoms with Gasteiger partial charge in [0.25, 0.3) is 0 Å². The first-order valence-corrected chi connectivity index (χ1v) is 5.37. The summed E-state index contributed by atoms with van der Waals surface area (Å²) in [7, 11) is 0. The van der Waals surface area contributed by atoms with Crippen LogP contribution < -0.4 is 0 Å². The second kappa shape index (κ2) is 3.02. The molecule has 1 saturated heterocycles. The summed E-state index contributed by atoms with van der Waals surface area (Å²) >= 11 is 0. The van der Waals surface area contributed by atoms with Crippen molar-refractivity contribution in [2.45, 2.75) is 51.6 Å². The van der Waals surface area contributed by atoms with E-state index in [1.807, 2.05) is 0 Å². The molecular weight excluding hydrogens is 148 g/mol. The van der Waals surface area contributed by atoms with Crippen molar-refractivity contribution in [2.24, 2.45) is 11.8 Å². The summed E-state index contributed by atoms with van der Waals surface area (Å²) in [6.07, 6.45) is 6.82. The second-order valence-corrected chi connectivity index (χ2v) is 4.83. The quantitative estimate of drug-likeness (QED) is 0.540. The van der Waals surface area contributed by atoms with Gasteiger partial charge in [-0.25, -0.2) is 0 Å². The van der Waals surface area contributed by atoms with Crippen LogP contribution >= 0.6 is 0 Å². The molecule has 2 aliphatic rings. The lowest BCUT2D eigenvalue weighted by Crippen LogP contribution is -2.38. The summed E-state index contributed by atoms with van der Waals surface area (Å²) in [6.45, 7) is 5.69. The van der Waals surface area contributed by atoms with E-state index in [1.54, 1.807) is 0 Å². The van der Waals surface area contributed by atoms with Crippen LogP contribution in [0.5, 0.6) is 0 Å². The first-order chi connectivity index (χ1) is 5.73. The molecule has 1 aliphatic carbocycles. The van der Waals surface area contributed by atoms with Gasteiger partial charge in [-0.3, -0.25) is 0 Å². The minimum Gasteiger partial charge on any atom is -0.374 e. The van der Waals surface area contributed by atoms with E-state index < -0.39 is 0 Å². The highest BCUT2D eigenvalue weighted by atomic mass is 16.5. The van der Waals surface area contributed by atoms with Gasteiger partial charge in [0, 0.05) is 6.61 Å². The summed E-state index contributed by atoms with van der Waals surface area (Å²) in [5.74, 6) is 1.60. The standard InChI is InChI=1S/C11H20O/c1-9-7-11(12-8-9)6-4-3-5-10(11)2/h9-10H,3-8H2,1-2H3. The summed E-state index contributed by atoms with van der Waals surface area (Å²) in [5, 5.41) is 0. The van der Waals surface area contributed by atoms with Crippen LogP contribution in [0.2, 0.25) is 0 Å². The Kier molecular flexibility index (Phi) is 2.16. The Hall–Kier alpha value is -0.0400. The van der Waals surface area contributed by atoms with Gasteiger partial charge < -0.3 is 4.74 Å². The van der Waals surface area contributed by atoms with Crippen LogP contribution in [0.4, 0.5) is 0 Å². The zero-order valence-electron chi connectivity index (χ0n) is 8.31. The maximum Gasteiger partial charge on any atom is 0.0711 e. The average Bonchev–Trinajstić information content (AvgIpc) is 2.41. The molecule has 2 rings (SSSR count). The Labute approximate surface area is 75.5 Å². The molecule has 1 nitrogen and oxygen atoms in total. The largest absolute Gasteiger partial charge is 0.374 e. The van der Waals surface area contributed by atoms with Crippen molar-refractivity contribution in [2.75, 3.05) is 6.61 Å². The van der Waals surface area contributed by atoms with Crippen LogP contribution in [-0.2, 0) is 4.74 Å². The van der Waals surface area contributed by atoms with Gasteiger partial charge in [-0.1, -0.05) is 26.7 Å². The van der Waals surface area contributed by atoms with Crippen molar-refractivity contribution in [1.82, 2.24) is 0 Å². The van der Waals surface area contributed by atoms with Crippen molar-refractivity contribution in [1.29, 1.82) is 0 Å². The first-order valence-electron chi connectivity index (χ1n) is 5.37. The third kappa shape index (κ3) is 1.28. The van der Waals surface area contributed by atoms with E-state index in [2.05, 4.69) is 13.8 Å². The molecule has 12 heavy (non-hydrogen) atoms. The molecular formula is C11H20O. The molecule has 1 heterocycles. The molecule has 3 unspecified atom stereocenters. The van der Waals surface area contributed by atoms with E-state index in [1.165, 1.54) is 32.1 Å². The van der Waals surface area contributed by atoms with Crippen molar-refractivity contribution in [3.8, 4) is 0 Å². The minimum absolute atomic E-state index is 0.303. The molecule has 0 radical (unpaired) electrons. The van der Waals surface area contributed by atoms with Gasteiger partial charge >= 0.3 is 0 Å². The van der Waals surface area contributed by atoms with Crippen LogP contribution in [0.15, 0.2) is 0 Å². The highest BCUT2D eigenvalue weighted by Crippen LogP contribution is 2.44. The van der Waals surface area contributed by atoms with E-state index >= 15 is 0 Å². The van der Waals surface area contributed by atoms with Crippen molar-refractivity contribution < 1.29 is 4.74 Å². The topological polar surface area (TPSA) is 9.23 Å². The minimum atomic E-state index is 0.303. The Bertz CT molecular complexity index is 162. The lowest BCUT2D eigenvalue weighted by Gasteiger charge is -2.38. The predicted octanol–water partition coefficient (Wildman–Crippen LogP) is 2.99. The molecule has 1 aliphatic heterocycles. The molecule has 1 saturated carbocycles. The average molecular weight is 168 g/mol. The molecule has 0 N–H and O–H groups in total. The van der Waals surface area contributed by atoms with Gasteiger partial charge in [0.05, 0.1) is 5.60 Å². The molecule has 0 aromatic heterocycles. The van der Waals surface area contributed by atoms with Crippen molar-refractivity contribution in [3.05, 3.63) is 0 Å². The van der Waals surface area contributed by atoms with Crippen molar-refractivity contribution >= 4 is 0 Å². The molecule has 0 amide bonds. The Morgan fingerprint density at radius 2 is 2.08 bits per heavy atom. The van der Waals surface area contributed by atoms with Crippen LogP contribution in [0, 0.1) is 11.8 Å². The van der Waals surface area contributed by atoms with E-state index in [0.29, 0.717) is 5.60 Å². The van der Waals surface area contributed by atoms with E-state index in [-0.39, 0.29) is 0 Å². The molecule has 0 aromatic rings. The molecule has 1 spiro atoms. The third-order valence-electron chi connectivity index (χ3n) is 3.73. The first kappa shape index (κ1) is 8.55. The SMILES string of the molecule is CC1COC2(CCCCC2C)C1. The van der Waals surface area contributed by atoms with Gasteiger partial charge in [0.15, 0.2) is 0 Å². The van der Waals surface area contributed by atoms with E-state index in [0.717, 1.165) is 18.4 Å². The number of ether oxygens (including phenoxy) is 1. The summed E-state index contributed by atoms with van der Waals surface area (Å²) < 4.78 is 6.01. The Balaban J connectivity index is 2.07. The molecule has 3 atom stereocenters. The fourth-order valence-corrected chi connectivity index (χ4v) is 2.92. The fourth-order valence-electron chi connectivity index (χ4n) is 2.92. The van der Waals surface area contributed by atoms with Gasteiger partial charge in [-0.2, -0.15) is 0 Å². The Morgan fingerprint density at radius 1 is 1.25 bits per heavy atom. The number of hydrogen-bond donors (Lipinski definition) is 0. The second-order valence-electron chi connectivity index (χ2n) is 4.83. The van der Waals surface area contributed by atoms with Crippen LogP contribution in [0.1, 0.15) is 46.0 Å². The maximum absolute atomic E-state index is 6.01. The number of rotatable bonds is 0. The molecule has 70 valence electrons. The Morgan fingerprint density at radius 3 is 2.67 bits per heavy atom. The monoisotopic (exact) mass is 168 g/mol. The van der Waals surface area contributed by atoms with Gasteiger partial charge in [-0.05, 0) is 31.1 Å². The summed E-state index contributed by atoms with van der Waals surface area (Å²) in [5.41, 5.74) is 0.303. The highest BCUT2D eigenvalue weighted by molar-refractivity contribution is 4.94. The normalized spacial score (nSPS) is 48.5. The van der Waals surface area contributed by atoms with Gasteiger partial charge in [0.2, 0.25) is 0 Å². The van der Waals surface area contributed by atoms with Crippen LogP contribution in [-0.4, -0.2) is 12.2 Å². The highest BCUT2D eigenvalue weighted by Gasteiger charge is 2.44. The maximum atomic E-state index is 6.01. The zero-order chi connectivity index (χ0) is 8.60. The third-order valence-corrected chi connectivity index (χ3v) is 3.73. The van der Waals surface area contributed by atoms with Crippen LogP contribution in [0.3, 0.4) is 0 Å². The van der Waals surface area contributed by atoms with E-state index in [9.17, 15) is 0 Å². The number of hydrogen-bond acceptors (Lipinski definition) is 1. The molecule has 0 bridgehead atoms. The van der Waals surface area contributed by atoms with Gasteiger partial charge in [-0.15, -0.1) is 0 Å².